The summed E-state index contributed by atoms with van der Waals surface area (Å²) in [6.45, 7) is 0. The highest BCUT2D eigenvalue weighted by Gasteiger charge is 2.22. The van der Waals surface area contributed by atoms with Crippen LogP contribution in [0.3, 0.4) is 0 Å². The highest BCUT2D eigenvalue weighted by molar-refractivity contribution is 5.73. The summed E-state index contributed by atoms with van der Waals surface area (Å²) in [5.74, 6) is -0.547. The molecule has 2 rings (SSSR count). The van der Waals surface area contributed by atoms with Crippen LogP contribution >= 0.6 is 0 Å². The second kappa shape index (κ2) is 5.25. The number of hydrogen-bond acceptors (Lipinski definition) is 6. The minimum absolute atomic E-state index is 0.0545. The molecule has 0 aliphatic carbocycles. The van der Waals surface area contributed by atoms with Gasteiger partial charge in [0.25, 0.3) is 0 Å². The number of nitrogens with zero attached hydrogens (tertiary/aromatic N) is 3. The van der Waals surface area contributed by atoms with E-state index in [2.05, 4.69) is 20.6 Å². The van der Waals surface area contributed by atoms with Crippen LogP contribution in [0.15, 0.2) is 30.6 Å². The predicted octanol–water partition coefficient (Wildman–Crippen LogP) is 2.31. The first-order chi connectivity index (χ1) is 9.13. The number of halogens is 1. The fourth-order valence-electron chi connectivity index (χ4n) is 1.52. The van der Waals surface area contributed by atoms with Crippen molar-refractivity contribution < 1.29 is 9.31 Å². The van der Waals surface area contributed by atoms with Gasteiger partial charge in [0.2, 0.25) is 11.6 Å². The summed E-state index contributed by atoms with van der Waals surface area (Å²) in [6.07, 6.45) is 1.15. The number of nitro groups is 1. The maximum Gasteiger partial charge on any atom is 0.353 e. The molecule has 0 saturated carbocycles. The molecule has 0 unspecified atom stereocenters. The fraction of sp³-hybridized carbons (Fsp3) is 0.0909. The number of rotatable bonds is 4. The van der Waals surface area contributed by atoms with Crippen molar-refractivity contribution in [1.82, 2.24) is 9.97 Å². The first-order valence-electron chi connectivity index (χ1n) is 5.32. The molecule has 0 spiro atoms. The fourth-order valence-corrected chi connectivity index (χ4v) is 1.52. The molecule has 2 aromatic rings. The Kier molecular flexibility index (Phi) is 3.51. The zero-order valence-electron chi connectivity index (χ0n) is 9.92. The van der Waals surface area contributed by atoms with Gasteiger partial charge in [-0.2, -0.15) is 0 Å². The zero-order valence-corrected chi connectivity index (χ0v) is 9.92. The Labute approximate surface area is 107 Å². The van der Waals surface area contributed by atoms with Gasteiger partial charge in [0, 0.05) is 7.05 Å². The minimum atomic E-state index is -0.630. The van der Waals surface area contributed by atoms with Gasteiger partial charge in [0.15, 0.2) is 0 Å². The van der Waals surface area contributed by atoms with Gasteiger partial charge in [0.1, 0.15) is 12.1 Å². The molecule has 7 nitrogen and oxygen atoms in total. The van der Waals surface area contributed by atoms with Gasteiger partial charge in [-0.05, 0) is 12.1 Å². The summed E-state index contributed by atoms with van der Waals surface area (Å²) < 4.78 is 13.5. The molecule has 0 bridgehead atoms. The lowest BCUT2D eigenvalue weighted by atomic mass is 10.3. The van der Waals surface area contributed by atoms with E-state index >= 15 is 0 Å². The van der Waals surface area contributed by atoms with Crippen LogP contribution in [-0.2, 0) is 0 Å². The highest BCUT2D eigenvalue weighted by atomic mass is 19.1. The molecule has 0 aliphatic heterocycles. The molecular weight excluding hydrogens is 253 g/mol. The second-order valence-corrected chi connectivity index (χ2v) is 3.53. The van der Waals surface area contributed by atoms with E-state index in [9.17, 15) is 14.5 Å². The molecule has 0 radical (unpaired) electrons. The van der Waals surface area contributed by atoms with E-state index in [-0.39, 0.29) is 23.0 Å². The number of benzene rings is 1. The third kappa shape index (κ3) is 2.57. The summed E-state index contributed by atoms with van der Waals surface area (Å²) >= 11 is 0. The standard InChI is InChI=1S/C11H10FN5O2/c1-13-10-9(17(18)19)11(15-6-14-10)16-8-5-3-2-4-7(8)12/h2-6H,1H3,(H2,13,14,15,16). The second-order valence-electron chi connectivity index (χ2n) is 3.53. The third-order valence-corrected chi connectivity index (χ3v) is 2.37. The van der Waals surface area contributed by atoms with Gasteiger partial charge < -0.3 is 10.6 Å². The zero-order chi connectivity index (χ0) is 13.8. The van der Waals surface area contributed by atoms with Gasteiger partial charge in [0.05, 0.1) is 10.6 Å². The van der Waals surface area contributed by atoms with E-state index in [0.29, 0.717) is 0 Å². The number of para-hydroxylation sites is 1. The van der Waals surface area contributed by atoms with Crippen LogP contribution in [-0.4, -0.2) is 21.9 Å². The van der Waals surface area contributed by atoms with E-state index in [0.717, 1.165) is 6.33 Å². The molecule has 1 aromatic heterocycles. The maximum atomic E-state index is 13.5. The normalized spacial score (nSPS) is 10.0. The number of hydrogen-bond donors (Lipinski definition) is 2. The Morgan fingerprint density at radius 2 is 1.95 bits per heavy atom. The maximum absolute atomic E-state index is 13.5. The van der Waals surface area contributed by atoms with E-state index in [1.807, 2.05) is 0 Å². The molecule has 0 saturated heterocycles. The molecule has 0 amide bonds. The number of aromatic nitrogens is 2. The van der Waals surface area contributed by atoms with Gasteiger partial charge in [-0.15, -0.1) is 0 Å². The van der Waals surface area contributed by atoms with Crippen molar-refractivity contribution in [1.29, 1.82) is 0 Å². The van der Waals surface area contributed by atoms with E-state index < -0.39 is 10.7 Å². The molecule has 0 aliphatic rings. The summed E-state index contributed by atoms with van der Waals surface area (Å²) in [6, 6.07) is 5.83. The Morgan fingerprint density at radius 1 is 1.26 bits per heavy atom. The number of anilines is 3. The smallest absolute Gasteiger partial charge is 0.353 e. The van der Waals surface area contributed by atoms with Crippen LogP contribution in [0.5, 0.6) is 0 Å². The summed E-state index contributed by atoms with van der Waals surface area (Å²) in [5.41, 5.74) is -0.236. The van der Waals surface area contributed by atoms with Crippen molar-refractivity contribution in [2.75, 3.05) is 17.7 Å². The quantitative estimate of drug-likeness (QED) is 0.649. The van der Waals surface area contributed by atoms with Gasteiger partial charge in [-0.3, -0.25) is 10.1 Å². The lowest BCUT2D eigenvalue weighted by Gasteiger charge is -2.08. The third-order valence-electron chi connectivity index (χ3n) is 2.37. The van der Waals surface area contributed by atoms with Crippen molar-refractivity contribution in [3.63, 3.8) is 0 Å². The van der Waals surface area contributed by atoms with Crippen molar-refractivity contribution >= 4 is 23.0 Å². The van der Waals surface area contributed by atoms with Crippen molar-refractivity contribution in [3.05, 3.63) is 46.5 Å². The Morgan fingerprint density at radius 3 is 2.58 bits per heavy atom. The molecule has 1 heterocycles. The first kappa shape index (κ1) is 12.7. The topological polar surface area (TPSA) is 93.0 Å². The van der Waals surface area contributed by atoms with Gasteiger partial charge in [-0.25, -0.2) is 14.4 Å². The molecule has 1 aromatic carbocycles. The van der Waals surface area contributed by atoms with Gasteiger partial charge >= 0.3 is 5.69 Å². The Hall–Kier alpha value is -2.77. The lowest BCUT2D eigenvalue weighted by molar-refractivity contribution is -0.383. The van der Waals surface area contributed by atoms with Crippen molar-refractivity contribution in [2.45, 2.75) is 0 Å². The SMILES string of the molecule is CNc1ncnc(Nc2ccccc2F)c1[N+](=O)[O-]. The van der Waals surface area contributed by atoms with Crippen LogP contribution in [0.25, 0.3) is 0 Å². The first-order valence-corrected chi connectivity index (χ1v) is 5.32. The summed E-state index contributed by atoms with van der Waals surface area (Å²) in [5, 5.41) is 16.2. The van der Waals surface area contributed by atoms with Gasteiger partial charge in [-0.1, -0.05) is 12.1 Å². The summed E-state index contributed by atoms with van der Waals surface area (Å²) in [4.78, 5) is 17.9. The van der Waals surface area contributed by atoms with Crippen molar-refractivity contribution in [3.8, 4) is 0 Å². The summed E-state index contributed by atoms with van der Waals surface area (Å²) in [7, 11) is 1.50. The average molecular weight is 263 g/mol. The lowest BCUT2D eigenvalue weighted by Crippen LogP contribution is -2.05. The molecule has 0 fully saturated rings. The van der Waals surface area contributed by atoms with Crippen LogP contribution in [0.4, 0.5) is 27.4 Å². The molecule has 8 heteroatoms. The predicted molar refractivity (Wildman–Crippen MR) is 67.9 cm³/mol. The van der Waals surface area contributed by atoms with Crippen molar-refractivity contribution in [2.24, 2.45) is 0 Å². The molecule has 2 N–H and O–H groups in total. The average Bonchev–Trinajstić information content (AvgIpc) is 2.40. The monoisotopic (exact) mass is 263 g/mol. The molecule has 19 heavy (non-hydrogen) atoms. The molecular formula is C11H10FN5O2. The minimum Gasteiger partial charge on any atom is -0.367 e. The molecule has 0 atom stereocenters. The Balaban J connectivity index is 2.46. The van der Waals surface area contributed by atoms with Crippen LogP contribution in [0, 0.1) is 15.9 Å². The Bertz CT molecular complexity index is 620. The van der Waals surface area contributed by atoms with Crippen LogP contribution < -0.4 is 10.6 Å². The van der Waals surface area contributed by atoms with Crippen LogP contribution in [0.2, 0.25) is 0 Å². The molecule has 98 valence electrons. The largest absolute Gasteiger partial charge is 0.367 e. The number of nitrogens with one attached hydrogen (secondary N) is 2. The highest BCUT2D eigenvalue weighted by Crippen LogP contribution is 2.31. The van der Waals surface area contributed by atoms with Crippen LogP contribution in [0.1, 0.15) is 0 Å². The van der Waals surface area contributed by atoms with E-state index in [1.165, 1.54) is 25.2 Å². The van der Waals surface area contributed by atoms with E-state index in [1.54, 1.807) is 6.07 Å². The van der Waals surface area contributed by atoms with E-state index in [4.69, 9.17) is 0 Å².